The molecule has 0 bridgehead atoms. The second-order valence-electron chi connectivity index (χ2n) is 15.7. The molecule has 0 aromatic rings. The predicted octanol–water partition coefficient (Wildman–Crippen LogP) is 2.58. The highest BCUT2D eigenvalue weighted by Gasteiger charge is 2.65. The van der Waals surface area contributed by atoms with Crippen molar-refractivity contribution in [2.24, 2.45) is 46.3 Å². The third kappa shape index (κ3) is 5.33. The van der Waals surface area contributed by atoms with Gasteiger partial charge in [-0.25, -0.2) is 0 Å². The van der Waals surface area contributed by atoms with Gasteiger partial charge in [0.05, 0.1) is 24.9 Å². The highest BCUT2D eigenvalue weighted by Crippen LogP contribution is 2.68. The molecule has 4 saturated carbocycles. The molecule has 5 fully saturated rings. The summed E-state index contributed by atoms with van der Waals surface area (Å²) in [6.45, 7) is 8.78. The van der Waals surface area contributed by atoms with Crippen molar-refractivity contribution in [2.75, 3.05) is 12.3 Å². The first-order chi connectivity index (χ1) is 21.3. The summed E-state index contributed by atoms with van der Waals surface area (Å²) in [5.41, 5.74) is 1.05. The van der Waals surface area contributed by atoms with Crippen LogP contribution in [0.1, 0.15) is 85.5 Å². The molecule has 1 saturated heterocycles. The molecule has 10 heteroatoms. The summed E-state index contributed by atoms with van der Waals surface area (Å²) in [4.78, 5) is 27.6. The zero-order valence-corrected chi connectivity index (χ0v) is 28.1. The minimum atomic E-state index is -0.985. The average molecular weight is 644 g/mol. The number of rotatable bonds is 7. The molecular weight excluding hydrogens is 590 g/mol. The van der Waals surface area contributed by atoms with Crippen LogP contribution in [0.25, 0.3) is 0 Å². The Hall–Kier alpha value is -1.77. The molecule has 0 aromatic carbocycles. The van der Waals surface area contributed by atoms with Crippen molar-refractivity contribution < 1.29 is 30.0 Å². The number of carbonyl (C=O) groups excluding carboxylic acids is 2. The number of terminal acetylenes is 1. The van der Waals surface area contributed by atoms with E-state index in [0.717, 1.165) is 44.1 Å². The Kier molecular flexibility index (Phi) is 9.10. The normalized spacial score (nSPS) is 46.0. The lowest BCUT2D eigenvalue weighted by molar-refractivity contribution is -0.207. The maximum absolute atomic E-state index is 13.2. The van der Waals surface area contributed by atoms with E-state index in [1.165, 1.54) is 0 Å². The molecule has 0 spiro atoms. The largest absolute Gasteiger partial charge is 0.393 e. The summed E-state index contributed by atoms with van der Waals surface area (Å²) < 4.78 is 0. The lowest BCUT2D eigenvalue weighted by Crippen LogP contribution is -2.73. The first kappa shape index (κ1) is 33.1. The average Bonchev–Trinajstić information content (AvgIpc) is 3.37. The number of hydrogen-bond donors (Lipinski definition) is 6. The molecule has 9 nitrogen and oxygen atoms in total. The predicted molar refractivity (Wildman–Crippen MR) is 173 cm³/mol. The monoisotopic (exact) mass is 643 g/mol. The number of aliphatic hydroxyl groups excluding tert-OH is 4. The summed E-state index contributed by atoms with van der Waals surface area (Å²) in [5, 5.41) is 50.2. The number of hydrogen-bond acceptors (Lipinski definition) is 8. The van der Waals surface area contributed by atoms with Crippen LogP contribution in [0.4, 0.5) is 0 Å². The number of nitrogens with zero attached hydrogens (tertiary/aromatic N) is 1. The van der Waals surface area contributed by atoms with Gasteiger partial charge in [0.15, 0.2) is 6.23 Å². The van der Waals surface area contributed by atoms with Crippen LogP contribution in [-0.2, 0) is 9.59 Å². The molecule has 2 aliphatic heterocycles. The van der Waals surface area contributed by atoms with Crippen molar-refractivity contribution in [3.63, 3.8) is 0 Å². The van der Waals surface area contributed by atoms with Gasteiger partial charge in [0.1, 0.15) is 17.1 Å². The molecule has 14 atom stereocenters. The van der Waals surface area contributed by atoms with Crippen molar-refractivity contribution in [2.45, 2.75) is 121 Å². The summed E-state index contributed by atoms with van der Waals surface area (Å²) in [6.07, 6.45) is 10.1. The van der Waals surface area contributed by atoms with Crippen molar-refractivity contribution >= 4 is 23.6 Å². The topological polar surface area (TPSA) is 142 Å². The van der Waals surface area contributed by atoms with Crippen LogP contribution in [-0.4, -0.2) is 85.4 Å². The van der Waals surface area contributed by atoms with E-state index in [4.69, 9.17) is 6.42 Å². The number of aliphatic hydroxyl groups is 4. The fourth-order valence-electron chi connectivity index (χ4n) is 11.1. The van der Waals surface area contributed by atoms with Crippen LogP contribution in [0.3, 0.4) is 0 Å². The van der Waals surface area contributed by atoms with Crippen LogP contribution in [0.15, 0.2) is 11.3 Å². The van der Waals surface area contributed by atoms with Crippen LogP contribution in [0.2, 0.25) is 0 Å². The van der Waals surface area contributed by atoms with Gasteiger partial charge in [-0.3, -0.25) is 9.59 Å². The first-order valence-electron chi connectivity index (χ1n) is 17.2. The quantitative estimate of drug-likeness (QED) is 0.233. The third-order valence-electron chi connectivity index (χ3n) is 13.6. The van der Waals surface area contributed by atoms with Crippen LogP contribution in [0.5, 0.6) is 0 Å². The zero-order valence-electron chi connectivity index (χ0n) is 27.2. The second-order valence-corrected chi connectivity index (χ2v) is 16.8. The molecule has 6 aliphatic rings. The van der Waals surface area contributed by atoms with Gasteiger partial charge in [0.2, 0.25) is 5.91 Å². The number of carbonyl (C=O) groups is 2. The molecule has 45 heavy (non-hydrogen) atoms. The molecule has 0 radical (unpaired) electrons. The van der Waals surface area contributed by atoms with Crippen molar-refractivity contribution in [1.82, 2.24) is 15.5 Å². The molecule has 4 aliphatic carbocycles. The molecule has 6 N–H and O–H groups in total. The van der Waals surface area contributed by atoms with E-state index in [0.29, 0.717) is 36.6 Å². The molecule has 4 unspecified atom stereocenters. The van der Waals surface area contributed by atoms with E-state index in [2.05, 4.69) is 37.3 Å². The molecule has 6 rings (SSSR count). The summed E-state index contributed by atoms with van der Waals surface area (Å²) in [5.74, 6) is 4.08. The number of amides is 2. The minimum Gasteiger partial charge on any atom is -0.393 e. The summed E-state index contributed by atoms with van der Waals surface area (Å²) >= 11 is 1.60. The lowest BCUT2D eigenvalue weighted by atomic mass is 9.43. The SMILES string of the molecule is C#CCNC(=O)C1=C(C)CSC2C(NC(=O)CC[C@@H](C)[C@H]3CC[C@H]4[C@H]5C(C[C@H](O)[C@]34C)[C@@]3(C)CC[C@@H](O)C[C@H]3C[C@H]5O)C(O)N12. The lowest BCUT2D eigenvalue weighted by Gasteiger charge is -2.63. The smallest absolute Gasteiger partial charge is 0.268 e. The van der Waals surface area contributed by atoms with Gasteiger partial charge >= 0.3 is 0 Å². The standard InChI is InChI=1S/C35H53N3O6S/c1-6-13-36-31(43)30-19(3)17-45-33-29(32(44)38(30)33)37-27(42)10-7-18(2)22-8-9-23-28-24(16-26(41)35(22,23)5)34(4)12-11-21(39)14-20(34)15-25(28)40/h1,18,20-26,28-29,32-33,39-41,44H,7-17H2,2-5H3,(H,36,43)(H,37,42)/t18-,20+,21-,22-,23+,24?,25-,26+,28+,29?,32?,33?,34+,35-/m1/s1. The van der Waals surface area contributed by atoms with Gasteiger partial charge in [-0.2, -0.15) is 0 Å². The van der Waals surface area contributed by atoms with E-state index in [1.54, 1.807) is 16.7 Å². The molecule has 2 heterocycles. The van der Waals surface area contributed by atoms with Gasteiger partial charge < -0.3 is 36.0 Å². The van der Waals surface area contributed by atoms with Crippen LogP contribution < -0.4 is 10.6 Å². The highest BCUT2D eigenvalue weighted by atomic mass is 32.2. The third-order valence-corrected chi connectivity index (χ3v) is 15.0. The Morgan fingerprint density at radius 1 is 1.11 bits per heavy atom. The maximum Gasteiger partial charge on any atom is 0.268 e. The van der Waals surface area contributed by atoms with Crippen molar-refractivity contribution in [1.29, 1.82) is 0 Å². The summed E-state index contributed by atoms with van der Waals surface area (Å²) in [7, 11) is 0. The fourth-order valence-corrected chi connectivity index (χ4v) is 12.5. The van der Waals surface area contributed by atoms with Gasteiger partial charge in [-0.05, 0) is 110 Å². The zero-order chi connectivity index (χ0) is 32.4. The van der Waals surface area contributed by atoms with Gasteiger partial charge in [0.25, 0.3) is 5.91 Å². The second kappa shape index (κ2) is 12.4. The molecular formula is C35H53N3O6S. The number of thioether (sulfide) groups is 1. The number of fused-ring (bicyclic) bond motifs is 6. The van der Waals surface area contributed by atoms with Gasteiger partial charge in [0, 0.05) is 12.2 Å². The fraction of sp³-hybridized carbons (Fsp3) is 0.829. The Morgan fingerprint density at radius 3 is 2.60 bits per heavy atom. The van der Waals surface area contributed by atoms with E-state index >= 15 is 0 Å². The van der Waals surface area contributed by atoms with E-state index in [-0.39, 0.29) is 70.3 Å². The molecule has 0 aromatic heterocycles. The van der Waals surface area contributed by atoms with E-state index < -0.39 is 24.5 Å². The maximum atomic E-state index is 13.2. The van der Waals surface area contributed by atoms with Crippen molar-refractivity contribution in [3.8, 4) is 12.3 Å². The van der Waals surface area contributed by atoms with Crippen LogP contribution in [0, 0.1) is 58.7 Å². The van der Waals surface area contributed by atoms with E-state index in [1.807, 2.05) is 6.92 Å². The first-order valence-corrected chi connectivity index (χ1v) is 18.2. The Bertz CT molecular complexity index is 1250. The Morgan fingerprint density at radius 2 is 1.87 bits per heavy atom. The summed E-state index contributed by atoms with van der Waals surface area (Å²) in [6, 6.07) is -0.467. The van der Waals surface area contributed by atoms with Gasteiger partial charge in [-0.15, -0.1) is 18.2 Å². The minimum absolute atomic E-state index is 0.0479. The highest BCUT2D eigenvalue weighted by molar-refractivity contribution is 8.00. The van der Waals surface area contributed by atoms with E-state index in [9.17, 15) is 30.0 Å². The Labute approximate surface area is 272 Å². The van der Waals surface area contributed by atoms with Gasteiger partial charge in [-0.1, -0.05) is 26.7 Å². The van der Waals surface area contributed by atoms with Crippen LogP contribution >= 0.6 is 11.8 Å². The number of nitrogens with one attached hydrogen (secondary N) is 2. The van der Waals surface area contributed by atoms with Crippen molar-refractivity contribution in [3.05, 3.63) is 11.3 Å². The molecule has 250 valence electrons. The Balaban J connectivity index is 1.07. The molecule has 2 amide bonds.